The van der Waals surface area contributed by atoms with Crippen LogP contribution >= 0.6 is 11.6 Å². The highest BCUT2D eigenvalue weighted by atomic mass is 35.5. The predicted octanol–water partition coefficient (Wildman–Crippen LogP) is 2.60. The predicted molar refractivity (Wildman–Crippen MR) is 41.5 cm³/mol. The molecule has 0 heterocycles. The lowest BCUT2D eigenvalue weighted by Crippen LogP contribution is -1.90. The standard InChI is InChI=1S/C8H6ClFO/c1-5-2-3-7(10)8(9)6(5)4-11/h2-4H,1H3. The highest BCUT2D eigenvalue weighted by molar-refractivity contribution is 6.33. The van der Waals surface area contributed by atoms with Crippen LogP contribution in [0.3, 0.4) is 0 Å². The third kappa shape index (κ3) is 1.40. The lowest BCUT2D eigenvalue weighted by molar-refractivity contribution is 0.112. The molecule has 11 heavy (non-hydrogen) atoms. The number of hydrogen-bond donors (Lipinski definition) is 0. The van der Waals surface area contributed by atoms with E-state index in [-0.39, 0.29) is 10.6 Å². The van der Waals surface area contributed by atoms with Gasteiger partial charge in [-0.3, -0.25) is 4.79 Å². The van der Waals surface area contributed by atoms with Crippen LogP contribution < -0.4 is 0 Å². The van der Waals surface area contributed by atoms with Gasteiger partial charge in [0.25, 0.3) is 0 Å². The Kier molecular flexibility index (Phi) is 2.25. The van der Waals surface area contributed by atoms with E-state index >= 15 is 0 Å². The fourth-order valence-electron chi connectivity index (χ4n) is 0.808. The largest absolute Gasteiger partial charge is 0.298 e. The van der Waals surface area contributed by atoms with Crippen molar-refractivity contribution in [1.82, 2.24) is 0 Å². The van der Waals surface area contributed by atoms with Gasteiger partial charge >= 0.3 is 0 Å². The summed E-state index contributed by atoms with van der Waals surface area (Å²) in [4.78, 5) is 10.3. The lowest BCUT2D eigenvalue weighted by Gasteiger charge is -2.00. The van der Waals surface area contributed by atoms with Crippen molar-refractivity contribution in [2.45, 2.75) is 6.92 Å². The summed E-state index contributed by atoms with van der Waals surface area (Å²) in [5.41, 5.74) is 0.915. The molecule has 0 aliphatic carbocycles. The van der Waals surface area contributed by atoms with Gasteiger partial charge in [-0.15, -0.1) is 0 Å². The lowest BCUT2D eigenvalue weighted by atomic mass is 10.1. The van der Waals surface area contributed by atoms with Crippen LogP contribution in [0.25, 0.3) is 0 Å². The maximum absolute atomic E-state index is 12.7. The van der Waals surface area contributed by atoms with E-state index in [0.717, 1.165) is 0 Å². The van der Waals surface area contributed by atoms with Crippen LogP contribution in [0.4, 0.5) is 4.39 Å². The minimum absolute atomic E-state index is 0.0972. The average Bonchev–Trinajstić information content (AvgIpc) is 1.99. The average molecular weight is 173 g/mol. The van der Waals surface area contributed by atoms with Gasteiger partial charge < -0.3 is 0 Å². The van der Waals surface area contributed by atoms with Crippen LogP contribution in [-0.2, 0) is 0 Å². The maximum Gasteiger partial charge on any atom is 0.151 e. The molecule has 0 atom stereocenters. The van der Waals surface area contributed by atoms with E-state index in [1.165, 1.54) is 12.1 Å². The molecule has 0 bridgehead atoms. The van der Waals surface area contributed by atoms with Gasteiger partial charge in [0.15, 0.2) is 6.29 Å². The van der Waals surface area contributed by atoms with Gasteiger partial charge in [-0.1, -0.05) is 17.7 Å². The Hall–Kier alpha value is -0.890. The van der Waals surface area contributed by atoms with Crippen molar-refractivity contribution >= 4 is 17.9 Å². The summed E-state index contributed by atoms with van der Waals surface area (Å²) in [7, 11) is 0. The van der Waals surface area contributed by atoms with Crippen molar-refractivity contribution < 1.29 is 9.18 Å². The second kappa shape index (κ2) is 3.01. The van der Waals surface area contributed by atoms with E-state index in [1.54, 1.807) is 6.92 Å². The number of carbonyl (C=O) groups excluding carboxylic acids is 1. The minimum atomic E-state index is -0.556. The smallest absolute Gasteiger partial charge is 0.151 e. The minimum Gasteiger partial charge on any atom is -0.298 e. The molecule has 1 aromatic carbocycles. The van der Waals surface area contributed by atoms with E-state index in [9.17, 15) is 9.18 Å². The first-order chi connectivity index (χ1) is 5.16. The van der Waals surface area contributed by atoms with Gasteiger partial charge in [0, 0.05) is 5.56 Å². The molecule has 0 fully saturated rings. The second-order valence-electron chi connectivity index (χ2n) is 2.21. The molecule has 0 N–H and O–H groups in total. The van der Waals surface area contributed by atoms with Crippen molar-refractivity contribution in [2.24, 2.45) is 0 Å². The van der Waals surface area contributed by atoms with Crippen molar-refractivity contribution in [3.63, 3.8) is 0 Å². The molecule has 1 aromatic rings. The van der Waals surface area contributed by atoms with E-state index in [2.05, 4.69) is 0 Å². The molecule has 58 valence electrons. The molecule has 1 rings (SSSR count). The maximum atomic E-state index is 12.7. The highest BCUT2D eigenvalue weighted by Gasteiger charge is 2.06. The summed E-state index contributed by atoms with van der Waals surface area (Å²) in [6.07, 6.45) is 0.556. The fourth-order valence-corrected chi connectivity index (χ4v) is 1.06. The molecule has 0 saturated heterocycles. The van der Waals surface area contributed by atoms with Crippen molar-refractivity contribution in [3.8, 4) is 0 Å². The first-order valence-corrected chi connectivity index (χ1v) is 3.44. The Bertz CT molecular complexity index is 296. The molecule has 0 saturated carbocycles. The number of benzene rings is 1. The molecular weight excluding hydrogens is 167 g/mol. The SMILES string of the molecule is Cc1ccc(F)c(Cl)c1C=O. The molecule has 0 radical (unpaired) electrons. The molecule has 0 amide bonds. The van der Waals surface area contributed by atoms with Crippen LogP contribution in [-0.4, -0.2) is 6.29 Å². The number of rotatable bonds is 1. The molecule has 3 heteroatoms. The van der Waals surface area contributed by atoms with E-state index in [4.69, 9.17) is 11.6 Å². The molecule has 0 unspecified atom stereocenters. The number of aldehydes is 1. The van der Waals surface area contributed by atoms with Gasteiger partial charge in [0.1, 0.15) is 5.82 Å². The molecular formula is C8H6ClFO. The summed E-state index contributed by atoms with van der Waals surface area (Å²) < 4.78 is 12.7. The van der Waals surface area contributed by atoms with E-state index in [1.807, 2.05) is 0 Å². The summed E-state index contributed by atoms with van der Waals surface area (Å²) in [6.45, 7) is 1.70. The van der Waals surface area contributed by atoms with Gasteiger partial charge in [-0.05, 0) is 18.6 Å². The van der Waals surface area contributed by atoms with Crippen LogP contribution in [0.15, 0.2) is 12.1 Å². The summed E-state index contributed by atoms with van der Waals surface area (Å²) in [5.74, 6) is -0.556. The van der Waals surface area contributed by atoms with Gasteiger partial charge in [0.2, 0.25) is 0 Å². The third-order valence-electron chi connectivity index (χ3n) is 1.47. The van der Waals surface area contributed by atoms with E-state index in [0.29, 0.717) is 11.8 Å². The van der Waals surface area contributed by atoms with Crippen LogP contribution in [0, 0.1) is 12.7 Å². The Morgan fingerprint density at radius 3 is 2.64 bits per heavy atom. The van der Waals surface area contributed by atoms with Gasteiger partial charge in [0.05, 0.1) is 5.02 Å². The number of halogens is 2. The molecule has 0 aliphatic rings. The highest BCUT2D eigenvalue weighted by Crippen LogP contribution is 2.20. The van der Waals surface area contributed by atoms with Crippen molar-refractivity contribution in [1.29, 1.82) is 0 Å². The third-order valence-corrected chi connectivity index (χ3v) is 1.85. The Labute approximate surface area is 68.8 Å². The topological polar surface area (TPSA) is 17.1 Å². The van der Waals surface area contributed by atoms with Crippen molar-refractivity contribution in [3.05, 3.63) is 34.1 Å². The molecule has 0 aliphatic heterocycles. The Balaban J connectivity index is 3.40. The van der Waals surface area contributed by atoms with Gasteiger partial charge in [-0.25, -0.2) is 4.39 Å². The normalized spacial score (nSPS) is 9.73. The van der Waals surface area contributed by atoms with Crippen molar-refractivity contribution in [2.75, 3.05) is 0 Å². The Morgan fingerprint density at radius 2 is 2.18 bits per heavy atom. The first-order valence-electron chi connectivity index (χ1n) is 3.06. The van der Waals surface area contributed by atoms with Crippen LogP contribution in [0.5, 0.6) is 0 Å². The Morgan fingerprint density at radius 1 is 1.55 bits per heavy atom. The number of hydrogen-bond acceptors (Lipinski definition) is 1. The fraction of sp³-hybridized carbons (Fsp3) is 0.125. The molecule has 0 aromatic heterocycles. The number of carbonyl (C=O) groups is 1. The monoisotopic (exact) mass is 172 g/mol. The quantitative estimate of drug-likeness (QED) is 0.595. The molecule has 1 nitrogen and oxygen atoms in total. The zero-order chi connectivity index (χ0) is 8.43. The summed E-state index contributed by atoms with van der Waals surface area (Å²) >= 11 is 5.49. The first kappa shape index (κ1) is 8.21. The summed E-state index contributed by atoms with van der Waals surface area (Å²) in [5, 5.41) is -0.0972. The van der Waals surface area contributed by atoms with E-state index < -0.39 is 5.82 Å². The van der Waals surface area contributed by atoms with Crippen LogP contribution in [0.1, 0.15) is 15.9 Å². The molecule has 0 spiro atoms. The zero-order valence-corrected chi connectivity index (χ0v) is 6.65. The van der Waals surface area contributed by atoms with Crippen LogP contribution in [0.2, 0.25) is 5.02 Å². The number of aryl methyl sites for hydroxylation is 1. The second-order valence-corrected chi connectivity index (χ2v) is 2.59. The summed E-state index contributed by atoms with van der Waals surface area (Å²) in [6, 6.07) is 2.76. The zero-order valence-electron chi connectivity index (χ0n) is 5.90. The van der Waals surface area contributed by atoms with Gasteiger partial charge in [-0.2, -0.15) is 0 Å².